The number of carbonyl (C=O) groups is 2. The van der Waals surface area contributed by atoms with E-state index in [4.69, 9.17) is 10.4 Å². The molecule has 2 rings (SSSR count). The second-order valence-electron chi connectivity index (χ2n) is 4.02. The van der Waals surface area contributed by atoms with E-state index >= 15 is 0 Å². The van der Waals surface area contributed by atoms with Gasteiger partial charge in [-0.25, -0.2) is 18.8 Å². The van der Waals surface area contributed by atoms with Gasteiger partial charge in [0.25, 0.3) is 0 Å². The zero-order chi connectivity index (χ0) is 13.4. The Labute approximate surface area is 121 Å². The van der Waals surface area contributed by atoms with Crippen molar-refractivity contribution in [1.29, 1.82) is 5.26 Å². The van der Waals surface area contributed by atoms with Gasteiger partial charge in [0.05, 0.1) is 12.6 Å². The first-order valence-corrected chi connectivity index (χ1v) is 5.17. The van der Waals surface area contributed by atoms with Crippen LogP contribution in [0.1, 0.15) is 8.35 Å². The van der Waals surface area contributed by atoms with Crippen LogP contribution in [0.4, 0.5) is 9.18 Å². The van der Waals surface area contributed by atoms with Crippen molar-refractivity contribution in [1.82, 2.24) is 9.96 Å². The Balaban J connectivity index is 0.00000180. The fourth-order valence-corrected chi connectivity index (χ4v) is 1.98. The molecule has 98 valence electrons. The minimum absolute atomic E-state index is 0. The standard InChI is InChI=1S/C10H10FN3O4.Li.H/c1-5-2-6(3-12)13-4-7(5)14(10(13)17)18-8(11)9(15)16;;/h2,6-8H,4H2,1H3,(H,15,16);;/q;+1;-1/t6-,7-,8-;;/m0../s1. The van der Waals surface area contributed by atoms with Crippen LogP contribution in [0, 0.1) is 11.3 Å². The summed E-state index contributed by atoms with van der Waals surface area (Å²) in [6.07, 6.45) is -1.04. The number of hydrogen-bond donors (Lipinski definition) is 1. The van der Waals surface area contributed by atoms with Gasteiger partial charge in [-0.2, -0.15) is 10.3 Å². The van der Waals surface area contributed by atoms with Crippen LogP contribution >= 0.6 is 0 Å². The number of hydrogen-bond acceptors (Lipinski definition) is 4. The molecule has 0 aromatic carbocycles. The van der Waals surface area contributed by atoms with Crippen LogP contribution in [0.5, 0.6) is 0 Å². The number of aliphatic carboxylic acids is 1. The van der Waals surface area contributed by atoms with Crippen LogP contribution in [0.3, 0.4) is 0 Å². The topological polar surface area (TPSA) is 93.9 Å². The average molecular weight is 263 g/mol. The Kier molecular flexibility index (Phi) is 4.59. The monoisotopic (exact) mass is 263 g/mol. The second-order valence-corrected chi connectivity index (χ2v) is 4.02. The molecule has 1 N–H and O–H groups in total. The van der Waals surface area contributed by atoms with Gasteiger partial charge < -0.3 is 11.4 Å². The van der Waals surface area contributed by atoms with Crippen molar-refractivity contribution in [3.8, 4) is 6.07 Å². The van der Waals surface area contributed by atoms with E-state index in [0.717, 1.165) is 0 Å². The minimum Gasteiger partial charge on any atom is -1.00 e. The summed E-state index contributed by atoms with van der Waals surface area (Å²) in [5.74, 6) is -1.81. The Morgan fingerprint density at radius 3 is 2.95 bits per heavy atom. The first-order chi connectivity index (χ1) is 8.45. The number of amides is 2. The average Bonchev–Trinajstić information content (AvgIpc) is 2.60. The molecule has 0 radical (unpaired) electrons. The molecule has 0 unspecified atom stereocenters. The van der Waals surface area contributed by atoms with Gasteiger partial charge in [-0.05, 0) is 18.6 Å². The van der Waals surface area contributed by atoms with Crippen molar-refractivity contribution < 1.29 is 44.2 Å². The van der Waals surface area contributed by atoms with Crippen molar-refractivity contribution >= 4 is 12.0 Å². The molecule has 2 aliphatic heterocycles. The van der Waals surface area contributed by atoms with E-state index in [1.807, 2.05) is 6.07 Å². The second kappa shape index (κ2) is 5.62. The first-order valence-electron chi connectivity index (χ1n) is 5.17. The largest absolute Gasteiger partial charge is 1.00 e. The molecule has 2 amide bonds. The number of hydroxylamine groups is 2. The molecule has 1 saturated heterocycles. The van der Waals surface area contributed by atoms with E-state index in [-0.39, 0.29) is 26.8 Å². The summed E-state index contributed by atoms with van der Waals surface area (Å²) in [5, 5.41) is 18.0. The van der Waals surface area contributed by atoms with Gasteiger partial charge in [0.15, 0.2) is 0 Å². The van der Waals surface area contributed by atoms with Crippen molar-refractivity contribution in [3.63, 3.8) is 0 Å². The Bertz CT molecular complexity index is 484. The zero-order valence-corrected chi connectivity index (χ0v) is 10.4. The minimum atomic E-state index is -2.61. The van der Waals surface area contributed by atoms with Crippen LogP contribution in [0.15, 0.2) is 11.6 Å². The van der Waals surface area contributed by atoms with E-state index in [0.29, 0.717) is 10.6 Å². The number of carboxylic acids is 1. The number of urea groups is 1. The predicted octanol–water partition coefficient (Wildman–Crippen LogP) is -2.63. The first kappa shape index (κ1) is 15.5. The van der Waals surface area contributed by atoms with Crippen molar-refractivity contribution in [2.75, 3.05) is 6.54 Å². The number of fused-ring (bicyclic) bond motifs is 2. The molecule has 0 aromatic heterocycles. The number of carbonyl (C=O) groups excluding carboxylic acids is 1. The maximum atomic E-state index is 13.0. The smallest absolute Gasteiger partial charge is 1.00 e. The van der Waals surface area contributed by atoms with Gasteiger partial charge in [0.2, 0.25) is 0 Å². The summed E-state index contributed by atoms with van der Waals surface area (Å²) in [6, 6.07) is -0.0667. The molecule has 2 aliphatic rings. The van der Waals surface area contributed by atoms with E-state index in [1.54, 1.807) is 13.0 Å². The summed E-state index contributed by atoms with van der Waals surface area (Å²) in [4.78, 5) is 27.9. The molecular weight excluding hydrogens is 252 g/mol. The van der Waals surface area contributed by atoms with Gasteiger partial charge in [-0.3, -0.25) is 0 Å². The molecule has 9 heteroatoms. The van der Waals surface area contributed by atoms with Gasteiger partial charge in [0, 0.05) is 0 Å². The molecule has 1 fully saturated rings. The number of nitrogens with zero attached hydrogens (tertiary/aromatic N) is 3. The molecule has 7 nitrogen and oxygen atoms in total. The molecule has 0 aromatic rings. The third kappa shape index (κ3) is 2.59. The molecule has 2 heterocycles. The summed E-state index contributed by atoms with van der Waals surface area (Å²) < 4.78 is 13.0. The number of halogens is 1. The van der Waals surface area contributed by atoms with E-state index < -0.39 is 30.4 Å². The predicted molar refractivity (Wildman–Crippen MR) is 55.6 cm³/mol. The maximum Gasteiger partial charge on any atom is 1.00 e. The van der Waals surface area contributed by atoms with Crippen molar-refractivity contribution in [2.24, 2.45) is 0 Å². The maximum absolute atomic E-state index is 13.0. The third-order valence-electron chi connectivity index (χ3n) is 2.90. The summed E-state index contributed by atoms with van der Waals surface area (Å²) >= 11 is 0. The van der Waals surface area contributed by atoms with Crippen LogP contribution < -0.4 is 18.9 Å². The Morgan fingerprint density at radius 2 is 2.42 bits per heavy atom. The number of rotatable bonds is 3. The molecule has 3 atom stereocenters. The van der Waals surface area contributed by atoms with E-state index in [9.17, 15) is 14.0 Å². The van der Waals surface area contributed by atoms with Gasteiger partial charge >= 0.3 is 37.2 Å². The number of alkyl halides is 1. The van der Waals surface area contributed by atoms with E-state index in [2.05, 4.69) is 4.84 Å². The molecular formula is C10H11FLiN3O4. The van der Waals surface area contributed by atoms with E-state index in [1.165, 1.54) is 4.90 Å². The van der Waals surface area contributed by atoms with Crippen LogP contribution in [0.25, 0.3) is 0 Å². The Morgan fingerprint density at radius 1 is 1.79 bits per heavy atom. The van der Waals surface area contributed by atoms with Crippen molar-refractivity contribution in [3.05, 3.63) is 11.6 Å². The summed E-state index contributed by atoms with van der Waals surface area (Å²) in [6.45, 7) is 1.86. The Hall–Kier alpha value is -1.54. The van der Waals surface area contributed by atoms with Gasteiger partial charge in [0.1, 0.15) is 12.1 Å². The van der Waals surface area contributed by atoms with Gasteiger partial charge in [-0.1, -0.05) is 0 Å². The quantitative estimate of drug-likeness (QED) is 0.444. The van der Waals surface area contributed by atoms with Crippen LogP contribution in [0.2, 0.25) is 0 Å². The number of nitriles is 1. The summed E-state index contributed by atoms with van der Waals surface area (Å²) in [7, 11) is 0. The third-order valence-corrected chi connectivity index (χ3v) is 2.90. The molecule has 0 spiro atoms. The summed E-state index contributed by atoms with van der Waals surface area (Å²) in [5.41, 5.74) is 0.668. The van der Waals surface area contributed by atoms with Gasteiger partial charge in [-0.15, -0.1) is 0 Å². The normalized spacial score (nSPS) is 26.4. The number of carboxylic acid groups (broad SMARTS) is 1. The molecule has 0 saturated carbocycles. The van der Waals surface area contributed by atoms with Crippen LogP contribution in [-0.2, 0) is 9.63 Å². The fourth-order valence-electron chi connectivity index (χ4n) is 1.98. The SMILES string of the molecule is CC1=C[C@@H](C#N)N2C[C@@H]1N(O[C@H](F)C(=O)O)C2=O.[H-].[Li+]. The fraction of sp³-hybridized carbons (Fsp3) is 0.500. The molecule has 2 bridgehead atoms. The molecule has 0 aliphatic carbocycles. The molecule has 19 heavy (non-hydrogen) atoms. The van der Waals surface area contributed by atoms with Crippen LogP contribution in [-0.4, -0.2) is 52.1 Å². The zero-order valence-electron chi connectivity index (χ0n) is 11.4. The van der Waals surface area contributed by atoms with Crippen molar-refractivity contribution in [2.45, 2.75) is 25.4 Å².